The molecule has 2 atom stereocenters. The smallest absolute Gasteiger partial charge is 0.221 e. The van der Waals surface area contributed by atoms with Gasteiger partial charge in [-0.15, -0.1) is 11.8 Å². The normalized spacial score (nSPS) is 20.9. The molecule has 2 unspecified atom stereocenters. The third-order valence-corrected chi connectivity index (χ3v) is 6.61. The number of hydrogen-bond acceptors (Lipinski definition) is 6. The molecule has 2 aromatic heterocycles. The van der Waals surface area contributed by atoms with E-state index in [0.29, 0.717) is 28.5 Å². The van der Waals surface area contributed by atoms with E-state index in [1.165, 1.54) is 37.8 Å². The molecule has 3 aromatic rings. The molecule has 0 spiro atoms. The summed E-state index contributed by atoms with van der Waals surface area (Å²) in [6.07, 6.45) is 6.51. The number of nitrogens with zero attached hydrogens (tertiary/aromatic N) is 3. The third kappa shape index (κ3) is 3.20. The van der Waals surface area contributed by atoms with Crippen LogP contribution in [0.25, 0.3) is 11.3 Å². The molecule has 1 aliphatic carbocycles. The minimum atomic E-state index is -0.276. The van der Waals surface area contributed by atoms with Crippen LogP contribution in [0, 0.1) is 5.82 Å². The fourth-order valence-electron chi connectivity index (χ4n) is 3.88. The highest BCUT2D eigenvalue weighted by molar-refractivity contribution is 8.00. The summed E-state index contributed by atoms with van der Waals surface area (Å²) < 4.78 is 24.4. The molecule has 27 heavy (non-hydrogen) atoms. The second-order valence-electron chi connectivity index (χ2n) is 6.92. The Morgan fingerprint density at radius 3 is 2.89 bits per heavy atom. The summed E-state index contributed by atoms with van der Waals surface area (Å²) in [6.45, 7) is 0.250. The van der Waals surface area contributed by atoms with Gasteiger partial charge in [0.1, 0.15) is 22.9 Å². The number of fused-ring (bicyclic) bond motifs is 3. The Labute approximate surface area is 160 Å². The van der Waals surface area contributed by atoms with Gasteiger partial charge in [0, 0.05) is 22.8 Å². The number of aromatic nitrogens is 3. The highest BCUT2D eigenvalue weighted by Gasteiger charge is 2.39. The van der Waals surface area contributed by atoms with Crippen LogP contribution in [0.5, 0.6) is 5.88 Å². The van der Waals surface area contributed by atoms with Gasteiger partial charge in [-0.2, -0.15) is 0 Å². The van der Waals surface area contributed by atoms with Crippen molar-refractivity contribution >= 4 is 11.8 Å². The molecule has 0 amide bonds. The van der Waals surface area contributed by atoms with Crippen LogP contribution in [0.3, 0.4) is 0 Å². The Bertz CT molecular complexity index is 960. The van der Waals surface area contributed by atoms with Crippen molar-refractivity contribution in [1.29, 1.82) is 0 Å². The molecule has 1 aliphatic heterocycles. The fraction of sp³-hybridized carbons (Fsp3) is 0.350. The van der Waals surface area contributed by atoms with Crippen LogP contribution >= 0.6 is 11.8 Å². The molecule has 5 rings (SSSR count). The molecule has 1 saturated carbocycles. The minimum Gasteiger partial charge on any atom is -0.469 e. The van der Waals surface area contributed by atoms with E-state index in [4.69, 9.17) is 9.26 Å². The summed E-state index contributed by atoms with van der Waals surface area (Å²) in [7, 11) is 0. The lowest BCUT2D eigenvalue weighted by molar-refractivity contribution is 0.236. The van der Waals surface area contributed by atoms with Crippen LogP contribution in [0.2, 0.25) is 0 Å². The van der Waals surface area contributed by atoms with Gasteiger partial charge in [0.15, 0.2) is 12.4 Å². The summed E-state index contributed by atoms with van der Waals surface area (Å²) in [6, 6.07) is 7.98. The molecule has 5 nitrogen and oxygen atoms in total. The van der Waals surface area contributed by atoms with E-state index in [9.17, 15) is 4.39 Å². The SMILES string of the molecule is Fc1ccc(-c2cc(COc3ncnc4c3C3CCCCC3S4)on2)cc1. The van der Waals surface area contributed by atoms with Crippen LogP contribution in [0.4, 0.5) is 4.39 Å². The monoisotopic (exact) mass is 383 g/mol. The van der Waals surface area contributed by atoms with E-state index in [-0.39, 0.29) is 12.4 Å². The van der Waals surface area contributed by atoms with E-state index < -0.39 is 0 Å². The van der Waals surface area contributed by atoms with E-state index in [0.717, 1.165) is 16.2 Å². The summed E-state index contributed by atoms with van der Waals surface area (Å²) in [5, 5.41) is 5.71. The van der Waals surface area contributed by atoms with Crippen molar-refractivity contribution in [3.63, 3.8) is 0 Å². The number of halogens is 1. The predicted molar refractivity (Wildman–Crippen MR) is 99.1 cm³/mol. The maximum absolute atomic E-state index is 13.1. The lowest BCUT2D eigenvalue weighted by atomic mass is 9.85. The van der Waals surface area contributed by atoms with Gasteiger partial charge in [-0.05, 0) is 37.1 Å². The Balaban J connectivity index is 1.33. The largest absolute Gasteiger partial charge is 0.469 e. The molecule has 7 heteroatoms. The van der Waals surface area contributed by atoms with Gasteiger partial charge in [0.2, 0.25) is 5.88 Å². The average Bonchev–Trinajstić information content (AvgIpc) is 3.31. The van der Waals surface area contributed by atoms with Gasteiger partial charge < -0.3 is 9.26 Å². The van der Waals surface area contributed by atoms with Crippen molar-refractivity contribution in [3.8, 4) is 17.1 Å². The zero-order valence-electron chi connectivity index (χ0n) is 14.6. The molecule has 0 bridgehead atoms. The maximum atomic E-state index is 13.1. The fourth-order valence-corrected chi connectivity index (χ4v) is 5.36. The molecular formula is C20H18FN3O2S. The van der Waals surface area contributed by atoms with E-state index in [1.807, 2.05) is 17.8 Å². The van der Waals surface area contributed by atoms with Crippen molar-refractivity contribution in [3.05, 3.63) is 53.8 Å². The first-order valence-electron chi connectivity index (χ1n) is 9.14. The zero-order valence-corrected chi connectivity index (χ0v) is 15.4. The second-order valence-corrected chi connectivity index (χ2v) is 8.15. The molecule has 1 aromatic carbocycles. The Morgan fingerprint density at radius 2 is 2.00 bits per heavy atom. The first kappa shape index (κ1) is 16.7. The number of benzene rings is 1. The first-order valence-corrected chi connectivity index (χ1v) is 10.0. The Kier molecular flexibility index (Phi) is 4.32. The molecule has 0 N–H and O–H groups in total. The molecule has 0 saturated heterocycles. The molecule has 2 aliphatic rings. The van der Waals surface area contributed by atoms with Crippen LogP contribution in [-0.4, -0.2) is 20.4 Å². The topological polar surface area (TPSA) is 61.0 Å². The molecule has 1 fully saturated rings. The van der Waals surface area contributed by atoms with Crippen molar-refractivity contribution in [1.82, 2.24) is 15.1 Å². The summed E-state index contributed by atoms with van der Waals surface area (Å²) in [5.41, 5.74) is 2.62. The molecule has 0 radical (unpaired) electrons. The van der Waals surface area contributed by atoms with Crippen LogP contribution < -0.4 is 4.74 Å². The van der Waals surface area contributed by atoms with Crippen LogP contribution in [-0.2, 0) is 6.61 Å². The van der Waals surface area contributed by atoms with Crippen molar-refractivity contribution < 1.29 is 13.7 Å². The Hall–Kier alpha value is -2.41. The first-order chi connectivity index (χ1) is 13.3. The molecule has 138 valence electrons. The van der Waals surface area contributed by atoms with Crippen LogP contribution in [0.15, 0.2) is 46.2 Å². The predicted octanol–water partition coefficient (Wildman–Crippen LogP) is 4.98. The summed E-state index contributed by atoms with van der Waals surface area (Å²) in [4.78, 5) is 8.84. The van der Waals surface area contributed by atoms with Crippen LogP contribution in [0.1, 0.15) is 42.9 Å². The maximum Gasteiger partial charge on any atom is 0.221 e. The second kappa shape index (κ2) is 6.96. The Morgan fingerprint density at radius 1 is 1.15 bits per heavy atom. The van der Waals surface area contributed by atoms with Gasteiger partial charge in [-0.1, -0.05) is 18.0 Å². The summed E-state index contributed by atoms with van der Waals surface area (Å²) >= 11 is 1.86. The average molecular weight is 383 g/mol. The minimum absolute atomic E-state index is 0.250. The quantitative estimate of drug-likeness (QED) is 0.592. The standard InChI is InChI=1S/C20H18FN3O2S/c21-13-7-5-12(6-8-13)16-9-14(26-24-16)10-25-19-18-15-3-1-2-4-17(15)27-20(18)23-11-22-19/h5-9,11,15,17H,1-4,10H2. The van der Waals surface area contributed by atoms with Crippen molar-refractivity contribution in [2.45, 2.75) is 48.5 Å². The lowest BCUT2D eigenvalue weighted by Crippen LogP contribution is -2.16. The van der Waals surface area contributed by atoms with E-state index >= 15 is 0 Å². The highest BCUT2D eigenvalue weighted by Crippen LogP contribution is 2.53. The van der Waals surface area contributed by atoms with Gasteiger partial charge >= 0.3 is 0 Å². The van der Waals surface area contributed by atoms with Gasteiger partial charge in [0.25, 0.3) is 0 Å². The zero-order chi connectivity index (χ0) is 18.2. The summed E-state index contributed by atoms with van der Waals surface area (Å²) in [5.74, 6) is 1.47. The number of ether oxygens (including phenoxy) is 1. The number of rotatable bonds is 4. The van der Waals surface area contributed by atoms with Gasteiger partial charge in [-0.25, -0.2) is 14.4 Å². The van der Waals surface area contributed by atoms with Gasteiger partial charge in [0.05, 0.1) is 5.56 Å². The van der Waals surface area contributed by atoms with E-state index in [1.54, 1.807) is 18.5 Å². The third-order valence-electron chi connectivity index (χ3n) is 5.20. The number of hydrogen-bond donors (Lipinski definition) is 0. The van der Waals surface area contributed by atoms with Crippen molar-refractivity contribution in [2.24, 2.45) is 0 Å². The molecule has 3 heterocycles. The molecular weight excluding hydrogens is 365 g/mol. The van der Waals surface area contributed by atoms with E-state index in [2.05, 4.69) is 15.1 Å². The lowest BCUT2D eigenvalue weighted by Gasteiger charge is -2.24. The highest BCUT2D eigenvalue weighted by atomic mass is 32.2. The number of thioether (sulfide) groups is 1. The van der Waals surface area contributed by atoms with Crippen molar-refractivity contribution in [2.75, 3.05) is 0 Å². The van der Waals surface area contributed by atoms with Gasteiger partial charge in [-0.3, -0.25) is 0 Å².